The summed E-state index contributed by atoms with van der Waals surface area (Å²) in [6.45, 7) is 19.7. The minimum Gasteiger partial charge on any atom is -0.465 e. The number of hydrogen-bond donors (Lipinski definition) is 0. The van der Waals surface area contributed by atoms with Gasteiger partial charge in [-0.1, -0.05) is 120 Å². The van der Waals surface area contributed by atoms with Gasteiger partial charge in [0.1, 0.15) is 0 Å². The van der Waals surface area contributed by atoms with Crippen LogP contribution >= 0.6 is 0 Å². The summed E-state index contributed by atoms with van der Waals surface area (Å²) in [5.41, 5.74) is 0.737. The van der Waals surface area contributed by atoms with Crippen molar-refractivity contribution >= 4 is 11.9 Å². The zero-order valence-electron chi connectivity index (χ0n) is 30.4. The van der Waals surface area contributed by atoms with Crippen molar-refractivity contribution in [2.24, 2.45) is 58.2 Å². The molecule has 8 atom stereocenters. The molecule has 0 spiro atoms. The molecule has 0 saturated heterocycles. The van der Waals surface area contributed by atoms with Gasteiger partial charge in [0.15, 0.2) is 0 Å². The molecule has 3 aliphatic carbocycles. The van der Waals surface area contributed by atoms with E-state index in [1.54, 1.807) is 0 Å². The third-order valence-electron chi connectivity index (χ3n) is 11.9. The predicted molar refractivity (Wildman–Crippen MR) is 183 cm³/mol. The Labute approximate surface area is 273 Å². The summed E-state index contributed by atoms with van der Waals surface area (Å²) in [7, 11) is 0. The minimum absolute atomic E-state index is 0.138. The molecule has 3 fully saturated rings. The third-order valence-corrected chi connectivity index (χ3v) is 11.9. The van der Waals surface area contributed by atoms with Crippen molar-refractivity contribution in [2.75, 3.05) is 13.2 Å². The highest BCUT2D eigenvalue weighted by Crippen LogP contribution is 2.41. The van der Waals surface area contributed by atoms with Crippen molar-refractivity contribution in [1.29, 1.82) is 0 Å². The van der Waals surface area contributed by atoms with Crippen LogP contribution in [0.25, 0.3) is 0 Å². The average molecular weight is 617 g/mol. The summed E-state index contributed by atoms with van der Waals surface area (Å²) >= 11 is 0. The van der Waals surface area contributed by atoms with Gasteiger partial charge in [-0.25, -0.2) is 0 Å². The van der Waals surface area contributed by atoms with Crippen molar-refractivity contribution in [3.8, 4) is 0 Å². The van der Waals surface area contributed by atoms with Gasteiger partial charge in [-0.15, -0.1) is 0 Å². The van der Waals surface area contributed by atoms with E-state index in [-0.39, 0.29) is 23.8 Å². The quantitative estimate of drug-likeness (QED) is 0.182. The Morgan fingerprint density at radius 1 is 0.568 bits per heavy atom. The van der Waals surface area contributed by atoms with E-state index >= 15 is 0 Å². The molecule has 0 heterocycles. The van der Waals surface area contributed by atoms with Crippen LogP contribution in [0.2, 0.25) is 0 Å². The van der Waals surface area contributed by atoms with Gasteiger partial charge in [-0.2, -0.15) is 0 Å². The maximum Gasteiger partial charge on any atom is 0.309 e. The SMILES string of the molecule is CCC1CCC(COC(=O)C2CCCCC2C(=O)OCC2CCC(CC)CC2CCCC(C)(C)C)C(CCCC(C)(C)C)C1. The molecule has 0 aromatic carbocycles. The Morgan fingerprint density at radius 3 is 1.30 bits per heavy atom. The first-order valence-corrected chi connectivity index (χ1v) is 19.1. The van der Waals surface area contributed by atoms with Gasteiger partial charge in [0.2, 0.25) is 0 Å². The Balaban J connectivity index is 1.53. The van der Waals surface area contributed by atoms with E-state index in [2.05, 4.69) is 55.4 Å². The largest absolute Gasteiger partial charge is 0.465 e. The molecule has 0 N–H and O–H groups in total. The summed E-state index contributed by atoms with van der Waals surface area (Å²) < 4.78 is 12.2. The van der Waals surface area contributed by atoms with E-state index in [4.69, 9.17) is 9.47 Å². The number of rotatable bonds is 14. The van der Waals surface area contributed by atoms with Crippen LogP contribution in [0.1, 0.15) is 171 Å². The fraction of sp³-hybridized carbons (Fsp3) is 0.950. The van der Waals surface area contributed by atoms with Gasteiger partial charge in [-0.3, -0.25) is 9.59 Å². The molecule has 3 rings (SSSR count). The summed E-state index contributed by atoms with van der Waals surface area (Å²) in [5, 5.41) is 0. The monoisotopic (exact) mass is 617 g/mol. The van der Waals surface area contributed by atoms with Crippen molar-refractivity contribution in [3.05, 3.63) is 0 Å². The summed E-state index contributed by atoms with van der Waals surface area (Å²) in [4.78, 5) is 27.0. The maximum atomic E-state index is 13.5. The van der Waals surface area contributed by atoms with Crippen LogP contribution in [0, 0.1) is 58.2 Å². The van der Waals surface area contributed by atoms with Crippen molar-refractivity contribution in [1.82, 2.24) is 0 Å². The molecule has 44 heavy (non-hydrogen) atoms. The minimum atomic E-state index is -0.332. The van der Waals surface area contributed by atoms with Crippen LogP contribution in [-0.2, 0) is 19.1 Å². The van der Waals surface area contributed by atoms with Crippen LogP contribution in [0.15, 0.2) is 0 Å². The molecule has 0 aromatic rings. The van der Waals surface area contributed by atoms with Crippen molar-refractivity contribution < 1.29 is 19.1 Å². The second kappa shape index (κ2) is 17.7. The van der Waals surface area contributed by atoms with E-state index in [0.29, 0.717) is 47.7 Å². The van der Waals surface area contributed by atoms with Crippen LogP contribution in [0.5, 0.6) is 0 Å². The molecule has 3 aliphatic rings. The van der Waals surface area contributed by atoms with Crippen LogP contribution in [-0.4, -0.2) is 25.2 Å². The molecule has 0 aromatic heterocycles. The first kappa shape index (κ1) is 37.4. The fourth-order valence-corrected chi connectivity index (χ4v) is 8.81. The lowest BCUT2D eigenvalue weighted by Gasteiger charge is -2.37. The molecule has 3 saturated carbocycles. The van der Waals surface area contributed by atoms with Gasteiger partial charge in [0.25, 0.3) is 0 Å². The van der Waals surface area contributed by atoms with Gasteiger partial charge >= 0.3 is 11.9 Å². The smallest absolute Gasteiger partial charge is 0.309 e. The zero-order valence-corrected chi connectivity index (χ0v) is 30.4. The molecule has 0 bridgehead atoms. The number of carbonyl (C=O) groups is 2. The molecule has 4 nitrogen and oxygen atoms in total. The first-order chi connectivity index (χ1) is 20.8. The number of ether oxygens (including phenoxy) is 2. The van der Waals surface area contributed by atoms with Gasteiger partial charge in [0, 0.05) is 0 Å². The van der Waals surface area contributed by atoms with E-state index in [1.807, 2.05) is 0 Å². The topological polar surface area (TPSA) is 52.6 Å². The Hall–Kier alpha value is -1.06. The maximum absolute atomic E-state index is 13.5. The lowest BCUT2D eigenvalue weighted by Crippen LogP contribution is -2.38. The van der Waals surface area contributed by atoms with Crippen LogP contribution in [0.4, 0.5) is 0 Å². The highest BCUT2D eigenvalue weighted by molar-refractivity contribution is 5.82. The molecule has 0 radical (unpaired) electrons. The normalized spacial score (nSPS) is 31.8. The van der Waals surface area contributed by atoms with Gasteiger partial charge in [0.05, 0.1) is 25.0 Å². The highest BCUT2D eigenvalue weighted by atomic mass is 16.5. The summed E-state index contributed by atoms with van der Waals surface area (Å²) in [5.74, 6) is 2.91. The van der Waals surface area contributed by atoms with Crippen LogP contribution < -0.4 is 0 Å². The predicted octanol–water partition coefficient (Wildman–Crippen LogP) is 11.2. The van der Waals surface area contributed by atoms with Crippen molar-refractivity contribution in [2.45, 2.75) is 171 Å². The van der Waals surface area contributed by atoms with E-state index in [0.717, 1.165) is 37.5 Å². The molecule has 8 unspecified atom stereocenters. The second-order valence-electron chi connectivity index (χ2n) is 17.9. The standard InChI is InChI=1S/C40H72O4/c1-9-29-19-21-33(31(25-29)15-13-23-39(3,4)5)27-43-37(41)35-17-11-12-18-36(35)38(42)44-28-34-22-20-30(10-2)26-32(34)16-14-24-40(6,7)8/h29-36H,9-28H2,1-8H3. The molecule has 256 valence electrons. The number of esters is 2. The molecule has 4 heteroatoms. The number of hydrogen-bond acceptors (Lipinski definition) is 4. The van der Waals surface area contributed by atoms with Crippen molar-refractivity contribution in [3.63, 3.8) is 0 Å². The van der Waals surface area contributed by atoms with Gasteiger partial charge < -0.3 is 9.47 Å². The van der Waals surface area contributed by atoms with Crippen LogP contribution in [0.3, 0.4) is 0 Å². The average Bonchev–Trinajstić information content (AvgIpc) is 2.98. The summed E-state index contributed by atoms with van der Waals surface area (Å²) in [6.07, 6.45) is 20.9. The van der Waals surface area contributed by atoms with E-state index in [9.17, 15) is 9.59 Å². The van der Waals surface area contributed by atoms with Gasteiger partial charge in [-0.05, 0) is 97.7 Å². The fourth-order valence-electron chi connectivity index (χ4n) is 8.81. The highest BCUT2D eigenvalue weighted by Gasteiger charge is 2.40. The molecular weight excluding hydrogens is 544 g/mol. The Kier molecular flexibility index (Phi) is 15.1. The van der Waals surface area contributed by atoms with E-state index in [1.165, 1.54) is 89.9 Å². The molecule has 0 aliphatic heterocycles. The molecular formula is C40H72O4. The Morgan fingerprint density at radius 2 is 0.955 bits per heavy atom. The second-order valence-corrected chi connectivity index (χ2v) is 17.9. The summed E-state index contributed by atoms with van der Waals surface area (Å²) in [6, 6.07) is 0. The lowest BCUT2D eigenvalue weighted by molar-refractivity contribution is -0.165. The first-order valence-electron chi connectivity index (χ1n) is 19.1. The lowest BCUT2D eigenvalue weighted by atomic mass is 9.71. The number of carbonyl (C=O) groups excluding carboxylic acids is 2. The van der Waals surface area contributed by atoms with E-state index < -0.39 is 0 Å². The third kappa shape index (κ3) is 12.6. The zero-order chi connectivity index (χ0) is 32.3. The Bertz CT molecular complexity index is 780. The molecule has 0 amide bonds.